The Morgan fingerprint density at radius 1 is 1.00 bits per heavy atom. The van der Waals surface area contributed by atoms with Gasteiger partial charge in [-0.15, -0.1) is 0 Å². The topological polar surface area (TPSA) is 106 Å². The van der Waals surface area contributed by atoms with Crippen molar-refractivity contribution in [3.05, 3.63) is 71.8 Å². The number of thiocarbonyl (C=S) groups is 1. The number of esters is 1. The highest BCUT2D eigenvalue weighted by atomic mass is 32.1. The van der Waals surface area contributed by atoms with Crippen molar-refractivity contribution < 1.29 is 23.9 Å². The largest absolute Gasteiger partial charge is 0.484 e. The predicted molar refractivity (Wildman–Crippen MR) is 120 cm³/mol. The zero-order chi connectivity index (χ0) is 22.5. The number of hydrazine groups is 1. The van der Waals surface area contributed by atoms with Crippen LogP contribution in [0.5, 0.6) is 5.75 Å². The number of nitrogens with one attached hydrogen (secondary N) is 3. The van der Waals surface area contributed by atoms with E-state index in [1.807, 2.05) is 37.3 Å². The Kier molecular flexibility index (Phi) is 9.70. The summed E-state index contributed by atoms with van der Waals surface area (Å²) in [5.41, 5.74) is 6.00. The van der Waals surface area contributed by atoms with Crippen molar-refractivity contribution in [1.82, 2.24) is 16.2 Å². The van der Waals surface area contributed by atoms with Crippen LogP contribution in [0.3, 0.4) is 0 Å². The Balaban J connectivity index is 1.68. The summed E-state index contributed by atoms with van der Waals surface area (Å²) >= 11 is 4.95. The Morgan fingerprint density at radius 2 is 1.71 bits per heavy atom. The van der Waals surface area contributed by atoms with Crippen molar-refractivity contribution in [2.45, 2.75) is 13.3 Å². The lowest BCUT2D eigenvalue weighted by molar-refractivity contribution is -0.123. The van der Waals surface area contributed by atoms with Crippen LogP contribution in [0.1, 0.15) is 29.3 Å². The summed E-state index contributed by atoms with van der Waals surface area (Å²) in [6.45, 7) is 1.97. The third-order valence-corrected chi connectivity index (χ3v) is 3.88. The molecule has 0 saturated heterocycles. The summed E-state index contributed by atoms with van der Waals surface area (Å²) in [4.78, 5) is 35.4. The molecule has 0 saturated carbocycles. The second kappa shape index (κ2) is 12.8. The minimum absolute atomic E-state index is 0.0639. The van der Waals surface area contributed by atoms with Crippen LogP contribution < -0.4 is 20.9 Å². The molecule has 8 nitrogen and oxygen atoms in total. The van der Waals surface area contributed by atoms with Crippen LogP contribution >= 0.6 is 12.2 Å². The molecule has 0 spiro atoms. The lowest BCUT2D eigenvalue weighted by atomic mass is 10.2. The minimum atomic E-state index is -0.511. The Labute approximate surface area is 185 Å². The summed E-state index contributed by atoms with van der Waals surface area (Å²) in [6.07, 6.45) is 3.71. The summed E-state index contributed by atoms with van der Waals surface area (Å²) < 4.78 is 10.4. The number of rotatable bonds is 8. The van der Waals surface area contributed by atoms with E-state index in [9.17, 15) is 14.4 Å². The Bertz CT molecular complexity index is 930. The fourth-order valence-corrected chi connectivity index (χ4v) is 2.35. The quantitative estimate of drug-likeness (QED) is 0.250. The van der Waals surface area contributed by atoms with Crippen molar-refractivity contribution in [2.75, 3.05) is 13.2 Å². The molecule has 162 valence electrons. The molecule has 0 bridgehead atoms. The lowest BCUT2D eigenvalue weighted by Gasteiger charge is -2.11. The van der Waals surface area contributed by atoms with Crippen LogP contribution in [0.2, 0.25) is 0 Å². The van der Waals surface area contributed by atoms with Crippen LogP contribution in [0.25, 0.3) is 6.08 Å². The first-order chi connectivity index (χ1) is 15.0. The van der Waals surface area contributed by atoms with Crippen molar-refractivity contribution in [3.63, 3.8) is 0 Å². The smallest absolute Gasteiger partial charge is 0.338 e. The average Bonchev–Trinajstić information content (AvgIpc) is 2.79. The summed E-state index contributed by atoms with van der Waals surface area (Å²) in [5, 5.41) is 2.34. The normalized spacial score (nSPS) is 10.2. The van der Waals surface area contributed by atoms with Gasteiger partial charge in [0.25, 0.3) is 5.91 Å². The van der Waals surface area contributed by atoms with Gasteiger partial charge in [-0.25, -0.2) is 4.79 Å². The number of carbonyl (C=O) groups is 3. The van der Waals surface area contributed by atoms with E-state index >= 15 is 0 Å². The van der Waals surface area contributed by atoms with Gasteiger partial charge >= 0.3 is 5.97 Å². The zero-order valence-electron chi connectivity index (χ0n) is 16.9. The molecular formula is C22H23N3O5S. The molecule has 0 fully saturated rings. The molecule has 0 aliphatic carbocycles. The van der Waals surface area contributed by atoms with Gasteiger partial charge in [0.15, 0.2) is 11.7 Å². The molecule has 2 aromatic rings. The highest BCUT2D eigenvalue weighted by Gasteiger charge is 2.08. The highest BCUT2D eigenvalue weighted by Crippen LogP contribution is 2.13. The maximum Gasteiger partial charge on any atom is 0.338 e. The first-order valence-corrected chi connectivity index (χ1v) is 9.91. The fraction of sp³-hybridized carbons (Fsp3) is 0.182. The van der Waals surface area contributed by atoms with E-state index < -0.39 is 17.8 Å². The second-order valence-corrected chi connectivity index (χ2v) is 6.59. The van der Waals surface area contributed by atoms with Crippen LogP contribution in [-0.2, 0) is 14.3 Å². The van der Waals surface area contributed by atoms with Gasteiger partial charge in [0.2, 0.25) is 5.91 Å². The first-order valence-electron chi connectivity index (χ1n) is 9.51. The van der Waals surface area contributed by atoms with E-state index in [1.54, 1.807) is 30.3 Å². The van der Waals surface area contributed by atoms with Crippen LogP contribution in [-0.4, -0.2) is 36.1 Å². The molecule has 0 heterocycles. The maximum atomic E-state index is 11.9. The number of carbonyl (C=O) groups excluding carboxylic acids is 3. The highest BCUT2D eigenvalue weighted by molar-refractivity contribution is 7.80. The average molecular weight is 442 g/mol. The minimum Gasteiger partial charge on any atom is -0.484 e. The van der Waals surface area contributed by atoms with Crippen molar-refractivity contribution in [3.8, 4) is 5.75 Å². The lowest BCUT2D eigenvalue weighted by Crippen LogP contribution is -2.49. The number of ether oxygens (including phenoxy) is 2. The number of hydrogen-bond donors (Lipinski definition) is 3. The van der Waals surface area contributed by atoms with Gasteiger partial charge in [-0.05, 0) is 54.5 Å². The van der Waals surface area contributed by atoms with E-state index in [2.05, 4.69) is 16.2 Å². The number of amides is 2. The van der Waals surface area contributed by atoms with E-state index in [-0.39, 0.29) is 11.7 Å². The number of hydrogen-bond acceptors (Lipinski definition) is 6. The standard InChI is InChI=1S/C22H23N3O5S/c1-2-14-29-21(28)17-9-11-18(12-10-17)30-15-20(27)24-25-22(31)23-19(26)13-8-16-6-4-3-5-7-16/h3-13H,2,14-15H2,1H3,(H,24,27)(H2,23,25,26,31). The second-order valence-electron chi connectivity index (χ2n) is 6.18. The molecule has 9 heteroatoms. The van der Waals surface area contributed by atoms with Gasteiger partial charge in [0.05, 0.1) is 12.2 Å². The van der Waals surface area contributed by atoms with Gasteiger partial charge in [0, 0.05) is 6.08 Å². The third kappa shape index (κ3) is 9.09. The predicted octanol–water partition coefficient (Wildman–Crippen LogP) is 2.37. The molecule has 0 atom stereocenters. The molecular weight excluding hydrogens is 418 g/mol. The van der Waals surface area contributed by atoms with Crippen molar-refractivity contribution in [1.29, 1.82) is 0 Å². The van der Waals surface area contributed by atoms with Crippen molar-refractivity contribution >= 4 is 41.2 Å². The van der Waals surface area contributed by atoms with Gasteiger partial charge in [-0.1, -0.05) is 37.3 Å². The molecule has 2 amide bonds. The molecule has 2 rings (SSSR count). The Morgan fingerprint density at radius 3 is 2.39 bits per heavy atom. The van der Waals surface area contributed by atoms with E-state index in [4.69, 9.17) is 21.7 Å². The van der Waals surface area contributed by atoms with E-state index in [1.165, 1.54) is 6.08 Å². The van der Waals surface area contributed by atoms with Gasteiger partial charge < -0.3 is 9.47 Å². The summed E-state index contributed by atoms with van der Waals surface area (Å²) in [6, 6.07) is 15.5. The molecule has 2 aromatic carbocycles. The van der Waals surface area contributed by atoms with Gasteiger partial charge in [0.1, 0.15) is 5.75 Å². The van der Waals surface area contributed by atoms with E-state index in [0.29, 0.717) is 17.9 Å². The monoisotopic (exact) mass is 441 g/mol. The van der Waals surface area contributed by atoms with Gasteiger partial charge in [-0.3, -0.25) is 25.8 Å². The SMILES string of the molecule is CCCOC(=O)c1ccc(OCC(=O)NNC(=S)NC(=O)C=Cc2ccccc2)cc1. The fourth-order valence-electron chi connectivity index (χ4n) is 2.20. The molecule has 0 unspecified atom stereocenters. The first kappa shape index (κ1) is 23.6. The molecule has 0 radical (unpaired) electrons. The Hall–Kier alpha value is -3.72. The zero-order valence-corrected chi connectivity index (χ0v) is 17.7. The third-order valence-electron chi connectivity index (χ3n) is 3.68. The molecule has 0 aromatic heterocycles. The van der Waals surface area contributed by atoms with Crippen molar-refractivity contribution in [2.24, 2.45) is 0 Å². The molecule has 0 aliphatic heterocycles. The molecule has 31 heavy (non-hydrogen) atoms. The summed E-state index contributed by atoms with van der Waals surface area (Å²) in [5.74, 6) is -0.958. The molecule has 3 N–H and O–H groups in total. The van der Waals surface area contributed by atoms with Crippen LogP contribution in [0.15, 0.2) is 60.7 Å². The van der Waals surface area contributed by atoms with Gasteiger partial charge in [-0.2, -0.15) is 0 Å². The number of benzene rings is 2. The summed E-state index contributed by atoms with van der Waals surface area (Å²) in [7, 11) is 0. The van der Waals surface area contributed by atoms with Crippen LogP contribution in [0, 0.1) is 0 Å². The molecule has 0 aliphatic rings. The van der Waals surface area contributed by atoms with E-state index in [0.717, 1.165) is 12.0 Å². The maximum absolute atomic E-state index is 11.9. The van der Waals surface area contributed by atoms with Crippen LogP contribution in [0.4, 0.5) is 0 Å².